The molecule has 0 N–H and O–H groups in total. The molecule has 0 spiro atoms. The molecule has 3 aliphatic rings. The first kappa shape index (κ1) is 16.3. The summed E-state index contributed by atoms with van der Waals surface area (Å²) in [5, 5.41) is 0. The number of hydrogen-bond donors (Lipinski definition) is 0. The molecule has 3 fully saturated rings. The lowest BCUT2D eigenvalue weighted by Gasteiger charge is -2.57. The van der Waals surface area contributed by atoms with E-state index in [9.17, 15) is 4.79 Å². The average Bonchev–Trinajstić information content (AvgIpc) is 2.46. The minimum Gasteiger partial charge on any atom is -0.444 e. The summed E-state index contributed by atoms with van der Waals surface area (Å²) in [6.45, 7) is 10.6. The summed E-state index contributed by atoms with van der Waals surface area (Å²) in [4.78, 5) is 17.1. The first-order valence-corrected chi connectivity index (χ1v) is 8.55. The standard InChI is InChI=1S/C19H28N2O2/c1-18(2,3)23-17(22)21-13-16-10-11-19(21,4)14-20(16)12-15-8-6-5-7-9-15/h5-9,16H,10-14H2,1-4H3. The van der Waals surface area contributed by atoms with Crippen molar-refractivity contribution >= 4 is 6.09 Å². The fraction of sp³-hybridized carbons (Fsp3) is 0.632. The second kappa shape index (κ2) is 5.82. The summed E-state index contributed by atoms with van der Waals surface area (Å²) in [6, 6.07) is 11.0. The summed E-state index contributed by atoms with van der Waals surface area (Å²) in [7, 11) is 0. The Bertz CT molecular complexity index is 566. The van der Waals surface area contributed by atoms with E-state index in [-0.39, 0.29) is 11.6 Å². The van der Waals surface area contributed by atoms with Crippen molar-refractivity contribution in [2.75, 3.05) is 13.1 Å². The van der Waals surface area contributed by atoms with Crippen molar-refractivity contribution in [2.24, 2.45) is 0 Å². The van der Waals surface area contributed by atoms with Gasteiger partial charge >= 0.3 is 6.09 Å². The highest BCUT2D eigenvalue weighted by Gasteiger charge is 2.49. The Morgan fingerprint density at radius 3 is 2.61 bits per heavy atom. The lowest BCUT2D eigenvalue weighted by atomic mass is 9.80. The minimum absolute atomic E-state index is 0.119. The highest BCUT2D eigenvalue weighted by atomic mass is 16.6. The van der Waals surface area contributed by atoms with Gasteiger partial charge in [0.15, 0.2) is 0 Å². The summed E-state index contributed by atoms with van der Waals surface area (Å²) < 4.78 is 5.62. The molecule has 4 nitrogen and oxygen atoms in total. The van der Waals surface area contributed by atoms with Crippen LogP contribution >= 0.6 is 0 Å². The summed E-state index contributed by atoms with van der Waals surface area (Å²) in [5.41, 5.74) is 0.784. The van der Waals surface area contributed by atoms with E-state index in [4.69, 9.17) is 4.74 Å². The van der Waals surface area contributed by atoms with Gasteiger partial charge in [-0.15, -0.1) is 0 Å². The van der Waals surface area contributed by atoms with Crippen molar-refractivity contribution in [3.05, 3.63) is 35.9 Å². The van der Waals surface area contributed by atoms with Crippen LogP contribution in [0.5, 0.6) is 0 Å². The molecule has 3 saturated heterocycles. The summed E-state index contributed by atoms with van der Waals surface area (Å²) in [6.07, 6.45) is 2.05. The van der Waals surface area contributed by atoms with Gasteiger partial charge in [-0.2, -0.15) is 0 Å². The van der Waals surface area contributed by atoms with Crippen molar-refractivity contribution < 1.29 is 9.53 Å². The van der Waals surface area contributed by atoms with E-state index >= 15 is 0 Å². The van der Waals surface area contributed by atoms with Crippen molar-refractivity contribution in [1.82, 2.24) is 9.80 Å². The molecule has 2 bridgehead atoms. The lowest BCUT2D eigenvalue weighted by molar-refractivity contribution is -0.0833. The molecule has 2 unspecified atom stereocenters. The molecular formula is C19H28N2O2. The Labute approximate surface area is 139 Å². The maximum absolute atomic E-state index is 12.6. The number of piperazine rings is 1. The smallest absolute Gasteiger partial charge is 0.410 e. The number of ether oxygens (including phenoxy) is 1. The van der Waals surface area contributed by atoms with Crippen LogP contribution in [-0.4, -0.2) is 46.2 Å². The van der Waals surface area contributed by atoms with Gasteiger partial charge in [-0.3, -0.25) is 9.80 Å². The van der Waals surface area contributed by atoms with Gasteiger partial charge in [0.25, 0.3) is 0 Å². The molecule has 1 amide bonds. The Morgan fingerprint density at radius 1 is 1.30 bits per heavy atom. The van der Waals surface area contributed by atoms with Crippen molar-refractivity contribution in [2.45, 2.75) is 64.3 Å². The van der Waals surface area contributed by atoms with Crippen LogP contribution < -0.4 is 0 Å². The number of carbonyl (C=O) groups is 1. The highest BCUT2D eigenvalue weighted by Crippen LogP contribution is 2.38. The number of piperidine rings is 2. The molecule has 1 aromatic rings. The van der Waals surface area contributed by atoms with E-state index in [1.54, 1.807) is 0 Å². The zero-order chi connectivity index (χ0) is 16.7. The Kier molecular flexibility index (Phi) is 4.13. The zero-order valence-corrected chi connectivity index (χ0v) is 14.7. The molecule has 0 aromatic heterocycles. The molecular weight excluding hydrogens is 288 g/mol. The van der Waals surface area contributed by atoms with E-state index < -0.39 is 5.60 Å². The van der Waals surface area contributed by atoms with Crippen molar-refractivity contribution in [3.63, 3.8) is 0 Å². The number of nitrogens with zero attached hydrogens (tertiary/aromatic N) is 2. The fourth-order valence-corrected chi connectivity index (χ4v) is 3.78. The quantitative estimate of drug-likeness (QED) is 0.835. The topological polar surface area (TPSA) is 32.8 Å². The Balaban J connectivity index is 1.71. The zero-order valence-electron chi connectivity index (χ0n) is 14.7. The predicted molar refractivity (Wildman–Crippen MR) is 91.2 cm³/mol. The van der Waals surface area contributed by atoms with Crippen LogP contribution in [0.2, 0.25) is 0 Å². The van der Waals surface area contributed by atoms with Crippen LogP contribution in [0.1, 0.15) is 46.1 Å². The number of carbonyl (C=O) groups excluding carboxylic acids is 1. The molecule has 0 aliphatic carbocycles. The Hall–Kier alpha value is -1.55. The van der Waals surface area contributed by atoms with Crippen molar-refractivity contribution in [3.8, 4) is 0 Å². The Morgan fingerprint density at radius 2 is 2.00 bits per heavy atom. The number of fused-ring (bicyclic) bond motifs is 3. The van der Waals surface area contributed by atoms with Crippen molar-refractivity contribution in [1.29, 1.82) is 0 Å². The molecule has 1 aromatic carbocycles. The molecule has 2 atom stereocenters. The van der Waals surface area contributed by atoms with Gasteiger partial charge in [-0.05, 0) is 46.1 Å². The molecule has 4 heteroatoms. The fourth-order valence-electron chi connectivity index (χ4n) is 3.78. The largest absolute Gasteiger partial charge is 0.444 e. The average molecular weight is 316 g/mol. The molecule has 126 valence electrons. The number of benzene rings is 1. The monoisotopic (exact) mass is 316 g/mol. The van der Waals surface area contributed by atoms with Gasteiger partial charge in [-0.25, -0.2) is 4.79 Å². The van der Waals surface area contributed by atoms with Crippen LogP contribution in [0, 0.1) is 0 Å². The van der Waals surface area contributed by atoms with Crippen LogP contribution in [0.15, 0.2) is 30.3 Å². The van der Waals surface area contributed by atoms with Gasteiger partial charge in [0.05, 0.1) is 5.54 Å². The number of amides is 1. The third-order valence-corrected chi connectivity index (χ3v) is 4.96. The molecule has 0 radical (unpaired) electrons. The van der Waals surface area contributed by atoms with Gasteiger partial charge < -0.3 is 4.74 Å². The third kappa shape index (κ3) is 3.52. The summed E-state index contributed by atoms with van der Waals surface area (Å²) in [5.74, 6) is 0. The third-order valence-electron chi connectivity index (χ3n) is 4.96. The minimum atomic E-state index is -0.437. The first-order chi connectivity index (χ1) is 10.8. The molecule has 3 aliphatic heterocycles. The lowest BCUT2D eigenvalue weighted by Crippen LogP contribution is -2.70. The maximum atomic E-state index is 12.6. The van der Waals surface area contributed by atoms with Gasteiger partial charge in [0, 0.05) is 25.7 Å². The molecule has 23 heavy (non-hydrogen) atoms. The number of hydrogen-bond acceptors (Lipinski definition) is 3. The highest BCUT2D eigenvalue weighted by molar-refractivity contribution is 5.69. The first-order valence-electron chi connectivity index (χ1n) is 8.55. The molecule has 4 rings (SSSR count). The van der Waals surface area contributed by atoms with E-state index in [0.717, 1.165) is 32.5 Å². The second-order valence-electron chi connectivity index (χ2n) is 8.17. The van der Waals surface area contributed by atoms with E-state index in [0.29, 0.717) is 6.04 Å². The van der Waals surface area contributed by atoms with Crippen LogP contribution in [0.4, 0.5) is 4.79 Å². The SMILES string of the molecule is CC(C)(C)OC(=O)N1CC2CCC1(C)CN2Cc1ccccc1. The van der Waals surface area contributed by atoms with Gasteiger partial charge in [-0.1, -0.05) is 30.3 Å². The van der Waals surface area contributed by atoms with Crippen LogP contribution in [0.3, 0.4) is 0 Å². The van der Waals surface area contributed by atoms with Crippen LogP contribution in [-0.2, 0) is 11.3 Å². The molecule has 3 heterocycles. The second-order valence-corrected chi connectivity index (χ2v) is 8.17. The van der Waals surface area contributed by atoms with Gasteiger partial charge in [0.1, 0.15) is 5.60 Å². The van der Waals surface area contributed by atoms with Crippen LogP contribution in [0.25, 0.3) is 0 Å². The number of rotatable bonds is 2. The predicted octanol–water partition coefficient (Wildman–Crippen LogP) is 3.66. The maximum Gasteiger partial charge on any atom is 0.410 e. The molecule has 0 saturated carbocycles. The van der Waals surface area contributed by atoms with E-state index in [2.05, 4.69) is 42.2 Å². The van der Waals surface area contributed by atoms with E-state index in [1.165, 1.54) is 5.56 Å². The van der Waals surface area contributed by atoms with E-state index in [1.807, 2.05) is 25.7 Å². The summed E-state index contributed by atoms with van der Waals surface area (Å²) >= 11 is 0. The van der Waals surface area contributed by atoms with Gasteiger partial charge in [0.2, 0.25) is 0 Å². The normalized spacial score (nSPS) is 28.0.